The second kappa shape index (κ2) is 6.72. The van der Waals surface area contributed by atoms with E-state index in [0.717, 1.165) is 11.8 Å². The van der Waals surface area contributed by atoms with Crippen LogP contribution >= 0.6 is 11.3 Å². The van der Waals surface area contributed by atoms with E-state index in [9.17, 15) is 0 Å². The van der Waals surface area contributed by atoms with Crippen molar-refractivity contribution >= 4 is 11.3 Å². The Labute approximate surface area is 116 Å². The molecule has 1 aliphatic carbocycles. The van der Waals surface area contributed by atoms with Crippen molar-refractivity contribution in [1.29, 1.82) is 0 Å². The third-order valence-corrected chi connectivity index (χ3v) is 5.11. The zero-order valence-electron chi connectivity index (χ0n) is 12.0. The molecule has 102 valence electrons. The van der Waals surface area contributed by atoms with Gasteiger partial charge in [0.1, 0.15) is 0 Å². The van der Waals surface area contributed by atoms with Gasteiger partial charge in [0, 0.05) is 10.9 Å². The predicted molar refractivity (Wildman–Crippen MR) is 81.5 cm³/mol. The van der Waals surface area contributed by atoms with Crippen LogP contribution in [-0.4, -0.2) is 12.6 Å². The van der Waals surface area contributed by atoms with Crippen molar-refractivity contribution in [3.05, 3.63) is 21.9 Å². The minimum absolute atomic E-state index is 0.609. The van der Waals surface area contributed by atoms with Crippen molar-refractivity contribution in [2.75, 3.05) is 6.54 Å². The van der Waals surface area contributed by atoms with Crippen molar-refractivity contribution < 1.29 is 0 Å². The molecule has 2 atom stereocenters. The number of hydrogen-bond donors (Lipinski definition) is 1. The largest absolute Gasteiger partial charge is 0.314 e. The van der Waals surface area contributed by atoms with E-state index in [0.29, 0.717) is 6.04 Å². The molecule has 0 saturated heterocycles. The summed E-state index contributed by atoms with van der Waals surface area (Å²) in [5, 5.41) is 5.92. The highest BCUT2D eigenvalue weighted by Crippen LogP contribution is 2.39. The van der Waals surface area contributed by atoms with Crippen LogP contribution in [0.2, 0.25) is 0 Å². The SMILES string of the molecule is Cc1sccc1C1CCCCCC1CNC(C)C. The van der Waals surface area contributed by atoms with Gasteiger partial charge in [0.15, 0.2) is 0 Å². The molecule has 0 radical (unpaired) electrons. The quantitative estimate of drug-likeness (QED) is 0.777. The van der Waals surface area contributed by atoms with E-state index < -0.39 is 0 Å². The molecule has 0 aromatic carbocycles. The zero-order valence-corrected chi connectivity index (χ0v) is 12.9. The van der Waals surface area contributed by atoms with Crippen LogP contribution < -0.4 is 5.32 Å². The summed E-state index contributed by atoms with van der Waals surface area (Å²) in [6, 6.07) is 2.98. The molecule has 0 bridgehead atoms. The minimum atomic E-state index is 0.609. The van der Waals surface area contributed by atoms with E-state index in [4.69, 9.17) is 0 Å². The molecule has 1 aromatic heterocycles. The monoisotopic (exact) mass is 265 g/mol. The summed E-state index contributed by atoms with van der Waals surface area (Å²) in [5.74, 6) is 1.63. The van der Waals surface area contributed by atoms with Crippen LogP contribution in [0, 0.1) is 12.8 Å². The van der Waals surface area contributed by atoms with Gasteiger partial charge in [0.2, 0.25) is 0 Å². The van der Waals surface area contributed by atoms with Crippen molar-refractivity contribution in [2.24, 2.45) is 5.92 Å². The number of aryl methyl sites for hydroxylation is 1. The molecular formula is C16H27NS. The fraction of sp³-hybridized carbons (Fsp3) is 0.750. The van der Waals surface area contributed by atoms with E-state index in [1.54, 1.807) is 5.56 Å². The standard InChI is InChI=1S/C16H27NS/c1-12(2)17-11-14-7-5-4-6-8-16(14)15-9-10-18-13(15)3/h9-10,12,14,16-17H,4-8,11H2,1-3H3. The van der Waals surface area contributed by atoms with Gasteiger partial charge in [-0.05, 0) is 55.2 Å². The maximum atomic E-state index is 3.66. The molecule has 1 saturated carbocycles. The number of thiophene rings is 1. The molecule has 1 nitrogen and oxygen atoms in total. The van der Waals surface area contributed by atoms with Crippen LogP contribution in [-0.2, 0) is 0 Å². The lowest BCUT2D eigenvalue weighted by atomic mass is 9.82. The summed E-state index contributed by atoms with van der Waals surface area (Å²) < 4.78 is 0. The first-order chi connectivity index (χ1) is 8.68. The summed E-state index contributed by atoms with van der Waals surface area (Å²) in [6.45, 7) is 7.98. The van der Waals surface area contributed by atoms with Crippen molar-refractivity contribution in [3.8, 4) is 0 Å². The molecule has 18 heavy (non-hydrogen) atoms. The van der Waals surface area contributed by atoms with Gasteiger partial charge in [-0.15, -0.1) is 11.3 Å². The molecule has 1 fully saturated rings. The summed E-state index contributed by atoms with van der Waals surface area (Å²) in [7, 11) is 0. The van der Waals surface area contributed by atoms with Gasteiger partial charge in [0.25, 0.3) is 0 Å². The van der Waals surface area contributed by atoms with Gasteiger partial charge in [0.05, 0.1) is 0 Å². The topological polar surface area (TPSA) is 12.0 Å². The zero-order chi connectivity index (χ0) is 13.0. The number of hydrogen-bond acceptors (Lipinski definition) is 2. The third kappa shape index (κ3) is 3.58. The molecule has 0 aliphatic heterocycles. The van der Waals surface area contributed by atoms with Gasteiger partial charge in [-0.3, -0.25) is 0 Å². The van der Waals surface area contributed by atoms with Crippen LogP contribution in [0.15, 0.2) is 11.4 Å². The lowest BCUT2D eigenvalue weighted by Crippen LogP contribution is -2.31. The molecule has 2 heteroatoms. The van der Waals surface area contributed by atoms with Gasteiger partial charge in [-0.25, -0.2) is 0 Å². The lowest BCUT2D eigenvalue weighted by Gasteiger charge is -2.26. The molecule has 1 aromatic rings. The number of rotatable bonds is 4. The Hall–Kier alpha value is -0.340. The van der Waals surface area contributed by atoms with E-state index in [1.807, 2.05) is 11.3 Å². The summed E-state index contributed by atoms with van der Waals surface area (Å²) in [5.41, 5.74) is 1.64. The third-order valence-electron chi connectivity index (χ3n) is 4.25. The fourth-order valence-corrected chi connectivity index (χ4v) is 3.98. The van der Waals surface area contributed by atoms with Crippen LogP contribution in [0.25, 0.3) is 0 Å². The Morgan fingerprint density at radius 1 is 1.28 bits per heavy atom. The Bertz CT molecular complexity index is 356. The lowest BCUT2D eigenvalue weighted by molar-refractivity contribution is 0.362. The van der Waals surface area contributed by atoms with Gasteiger partial charge in [-0.1, -0.05) is 33.1 Å². The molecule has 2 rings (SSSR count). The van der Waals surface area contributed by atoms with Crippen molar-refractivity contribution in [1.82, 2.24) is 5.32 Å². The first-order valence-corrected chi connectivity index (χ1v) is 8.34. The second-order valence-corrected chi connectivity index (χ2v) is 7.12. The maximum Gasteiger partial charge on any atom is 0.00491 e. The second-order valence-electron chi connectivity index (χ2n) is 6.00. The van der Waals surface area contributed by atoms with E-state index >= 15 is 0 Å². The average molecular weight is 265 g/mol. The van der Waals surface area contributed by atoms with E-state index in [1.165, 1.54) is 43.5 Å². The molecule has 1 N–H and O–H groups in total. The number of nitrogens with one attached hydrogen (secondary N) is 1. The molecule has 1 heterocycles. The molecule has 0 spiro atoms. The average Bonchev–Trinajstić information content (AvgIpc) is 2.63. The van der Waals surface area contributed by atoms with Crippen LogP contribution in [0.4, 0.5) is 0 Å². The van der Waals surface area contributed by atoms with Crippen LogP contribution in [0.1, 0.15) is 62.3 Å². The molecular weight excluding hydrogens is 238 g/mol. The van der Waals surface area contributed by atoms with Gasteiger partial charge < -0.3 is 5.32 Å². The predicted octanol–water partition coefficient (Wildman–Crippen LogP) is 4.72. The minimum Gasteiger partial charge on any atom is -0.314 e. The summed E-state index contributed by atoms with van der Waals surface area (Å²) in [4.78, 5) is 1.54. The van der Waals surface area contributed by atoms with E-state index in [-0.39, 0.29) is 0 Å². The van der Waals surface area contributed by atoms with Gasteiger partial charge >= 0.3 is 0 Å². The highest BCUT2D eigenvalue weighted by Gasteiger charge is 2.26. The van der Waals surface area contributed by atoms with Gasteiger partial charge in [-0.2, -0.15) is 0 Å². The molecule has 2 unspecified atom stereocenters. The summed E-state index contributed by atoms with van der Waals surface area (Å²) >= 11 is 1.91. The van der Waals surface area contributed by atoms with Crippen LogP contribution in [0.3, 0.4) is 0 Å². The fourth-order valence-electron chi connectivity index (χ4n) is 3.20. The summed E-state index contributed by atoms with van der Waals surface area (Å²) in [6.07, 6.45) is 7.06. The Balaban J connectivity index is 2.09. The Kier molecular flexibility index (Phi) is 5.25. The normalized spacial score (nSPS) is 25.3. The Morgan fingerprint density at radius 3 is 2.72 bits per heavy atom. The maximum absolute atomic E-state index is 3.66. The van der Waals surface area contributed by atoms with E-state index in [2.05, 4.69) is 37.5 Å². The highest BCUT2D eigenvalue weighted by atomic mass is 32.1. The first-order valence-electron chi connectivity index (χ1n) is 7.46. The van der Waals surface area contributed by atoms with Crippen LogP contribution in [0.5, 0.6) is 0 Å². The smallest absolute Gasteiger partial charge is 0.00491 e. The van der Waals surface area contributed by atoms with Crippen molar-refractivity contribution in [2.45, 2.75) is 64.8 Å². The highest BCUT2D eigenvalue weighted by molar-refractivity contribution is 7.10. The molecule has 0 amide bonds. The molecule has 1 aliphatic rings. The first kappa shape index (κ1) is 14.1. The van der Waals surface area contributed by atoms with Crippen molar-refractivity contribution in [3.63, 3.8) is 0 Å². The Morgan fingerprint density at radius 2 is 2.06 bits per heavy atom.